The summed E-state index contributed by atoms with van der Waals surface area (Å²) in [6, 6.07) is 9.91. The average Bonchev–Trinajstić information content (AvgIpc) is 2.88. The van der Waals surface area contributed by atoms with E-state index in [4.69, 9.17) is 5.73 Å². The van der Waals surface area contributed by atoms with Gasteiger partial charge >= 0.3 is 0 Å². The summed E-state index contributed by atoms with van der Waals surface area (Å²) in [5, 5.41) is 8.04. The van der Waals surface area contributed by atoms with E-state index in [1.54, 1.807) is 12.5 Å². The largest absolute Gasteiger partial charge is 0.345 e. The molecule has 5 nitrogen and oxygen atoms in total. The maximum absolute atomic E-state index is 5.86. The third kappa shape index (κ3) is 1.84. The lowest BCUT2D eigenvalue weighted by Gasteiger charge is -2.13. The van der Waals surface area contributed by atoms with Crippen LogP contribution < -0.4 is 5.73 Å². The zero-order valence-electron chi connectivity index (χ0n) is 9.74. The van der Waals surface area contributed by atoms with Gasteiger partial charge in [-0.1, -0.05) is 6.07 Å². The number of fused-ring (bicyclic) bond motifs is 1. The molecule has 1 unspecified atom stereocenters. The highest BCUT2D eigenvalue weighted by molar-refractivity contribution is 5.75. The molecule has 2 heterocycles. The number of aromatic amines is 1. The Morgan fingerprint density at radius 1 is 1.28 bits per heavy atom. The Kier molecular flexibility index (Phi) is 2.74. The van der Waals surface area contributed by atoms with Crippen LogP contribution in [0.1, 0.15) is 17.2 Å². The number of nitrogens with zero attached hydrogens (tertiary/aromatic N) is 3. The quantitative estimate of drug-likeness (QED) is 0.724. The molecule has 18 heavy (non-hydrogen) atoms. The SMILES string of the molecule is NCC(c1ccc2nc[nH]c2c1)c1cccnn1. The van der Waals surface area contributed by atoms with Crippen molar-refractivity contribution in [3.05, 3.63) is 54.1 Å². The van der Waals surface area contributed by atoms with Gasteiger partial charge in [0.25, 0.3) is 0 Å². The molecule has 90 valence electrons. The van der Waals surface area contributed by atoms with Crippen LogP contribution in [0.4, 0.5) is 0 Å². The number of nitrogens with one attached hydrogen (secondary N) is 1. The van der Waals surface area contributed by atoms with Crippen LogP contribution in [0.25, 0.3) is 11.0 Å². The molecule has 0 amide bonds. The molecule has 0 fully saturated rings. The Morgan fingerprint density at radius 2 is 2.22 bits per heavy atom. The second kappa shape index (κ2) is 4.54. The van der Waals surface area contributed by atoms with Gasteiger partial charge in [-0.3, -0.25) is 0 Å². The van der Waals surface area contributed by atoms with Crippen LogP contribution in [0.2, 0.25) is 0 Å². The fourth-order valence-electron chi connectivity index (χ4n) is 2.10. The Morgan fingerprint density at radius 3 is 3.00 bits per heavy atom. The molecule has 0 radical (unpaired) electrons. The van der Waals surface area contributed by atoms with E-state index in [0.29, 0.717) is 6.54 Å². The summed E-state index contributed by atoms with van der Waals surface area (Å²) in [5.41, 5.74) is 9.83. The molecule has 0 spiro atoms. The van der Waals surface area contributed by atoms with Crippen molar-refractivity contribution in [3.63, 3.8) is 0 Å². The number of hydrogen-bond acceptors (Lipinski definition) is 4. The van der Waals surface area contributed by atoms with Crippen LogP contribution in [0.3, 0.4) is 0 Å². The van der Waals surface area contributed by atoms with E-state index in [1.165, 1.54) is 0 Å². The van der Waals surface area contributed by atoms with Gasteiger partial charge in [-0.05, 0) is 29.8 Å². The van der Waals surface area contributed by atoms with Crippen molar-refractivity contribution in [2.75, 3.05) is 6.54 Å². The molecule has 0 bridgehead atoms. The van der Waals surface area contributed by atoms with E-state index in [1.807, 2.05) is 24.3 Å². The van der Waals surface area contributed by atoms with Gasteiger partial charge in [0.1, 0.15) is 0 Å². The molecule has 1 aromatic carbocycles. The van der Waals surface area contributed by atoms with Gasteiger partial charge < -0.3 is 10.7 Å². The minimum absolute atomic E-state index is 0.0615. The zero-order valence-corrected chi connectivity index (χ0v) is 9.74. The first-order chi connectivity index (χ1) is 8.88. The highest BCUT2D eigenvalue weighted by Gasteiger charge is 2.14. The van der Waals surface area contributed by atoms with Crippen LogP contribution in [0.15, 0.2) is 42.9 Å². The zero-order chi connectivity index (χ0) is 12.4. The number of H-pyrrole nitrogens is 1. The molecule has 0 aliphatic rings. The lowest BCUT2D eigenvalue weighted by atomic mass is 9.95. The number of imidazole rings is 1. The second-order valence-corrected chi connectivity index (χ2v) is 4.12. The standard InChI is InChI=1S/C13H13N5/c14-7-10(11-2-1-5-17-18-11)9-3-4-12-13(6-9)16-8-15-12/h1-6,8,10H,7,14H2,(H,15,16). The number of benzene rings is 1. The van der Waals surface area contributed by atoms with E-state index >= 15 is 0 Å². The van der Waals surface area contributed by atoms with Gasteiger partial charge in [0.05, 0.1) is 23.1 Å². The van der Waals surface area contributed by atoms with Gasteiger partial charge in [0.15, 0.2) is 0 Å². The van der Waals surface area contributed by atoms with E-state index in [-0.39, 0.29) is 5.92 Å². The molecule has 0 aliphatic carbocycles. The van der Waals surface area contributed by atoms with Gasteiger partial charge in [-0.25, -0.2) is 4.98 Å². The molecular formula is C13H13N5. The van der Waals surface area contributed by atoms with Crippen molar-refractivity contribution < 1.29 is 0 Å². The Bertz CT molecular complexity index is 647. The molecule has 1 atom stereocenters. The van der Waals surface area contributed by atoms with Crippen molar-refractivity contribution in [1.29, 1.82) is 0 Å². The first-order valence-corrected chi connectivity index (χ1v) is 5.79. The minimum atomic E-state index is 0.0615. The van der Waals surface area contributed by atoms with Crippen LogP contribution in [0, 0.1) is 0 Å². The van der Waals surface area contributed by atoms with Gasteiger partial charge in [0, 0.05) is 18.7 Å². The van der Waals surface area contributed by atoms with Crippen LogP contribution in [-0.2, 0) is 0 Å². The molecule has 5 heteroatoms. The molecular weight excluding hydrogens is 226 g/mol. The molecule has 3 rings (SSSR count). The number of rotatable bonds is 3. The fraction of sp³-hybridized carbons (Fsp3) is 0.154. The highest BCUT2D eigenvalue weighted by atomic mass is 15.1. The van der Waals surface area contributed by atoms with E-state index in [9.17, 15) is 0 Å². The second-order valence-electron chi connectivity index (χ2n) is 4.12. The average molecular weight is 239 g/mol. The summed E-state index contributed by atoms with van der Waals surface area (Å²) < 4.78 is 0. The smallest absolute Gasteiger partial charge is 0.0931 e. The Hall–Kier alpha value is -2.27. The first kappa shape index (κ1) is 10.9. The summed E-state index contributed by atoms with van der Waals surface area (Å²) in [7, 11) is 0. The summed E-state index contributed by atoms with van der Waals surface area (Å²) >= 11 is 0. The monoisotopic (exact) mass is 239 g/mol. The van der Waals surface area contributed by atoms with Crippen molar-refractivity contribution in [3.8, 4) is 0 Å². The van der Waals surface area contributed by atoms with Gasteiger partial charge in [-0.2, -0.15) is 10.2 Å². The summed E-state index contributed by atoms with van der Waals surface area (Å²) in [6.45, 7) is 0.498. The summed E-state index contributed by atoms with van der Waals surface area (Å²) in [5.74, 6) is 0.0615. The van der Waals surface area contributed by atoms with Crippen LogP contribution >= 0.6 is 0 Å². The molecule has 0 saturated carbocycles. The Labute approximate surface area is 104 Å². The highest BCUT2D eigenvalue weighted by Crippen LogP contribution is 2.23. The van der Waals surface area contributed by atoms with E-state index in [0.717, 1.165) is 22.3 Å². The molecule has 0 saturated heterocycles. The van der Waals surface area contributed by atoms with Crippen LogP contribution in [0.5, 0.6) is 0 Å². The molecule has 2 aromatic heterocycles. The third-order valence-corrected chi connectivity index (χ3v) is 3.03. The first-order valence-electron chi connectivity index (χ1n) is 5.79. The summed E-state index contributed by atoms with van der Waals surface area (Å²) in [6.07, 6.45) is 3.35. The number of aromatic nitrogens is 4. The van der Waals surface area contributed by atoms with Crippen molar-refractivity contribution in [2.45, 2.75) is 5.92 Å². The van der Waals surface area contributed by atoms with Crippen LogP contribution in [-0.4, -0.2) is 26.7 Å². The van der Waals surface area contributed by atoms with Crippen molar-refractivity contribution in [2.24, 2.45) is 5.73 Å². The summed E-state index contributed by atoms with van der Waals surface area (Å²) in [4.78, 5) is 7.31. The number of nitrogens with two attached hydrogens (primary N) is 1. The normalized spacial score (nSPS) is 12.7. The predicted octanol–water partition coefficient (Wildman–Crippen LogP) is 1.44. The lowest BCUT2D eigenvalue weighted by molar-refractivity contribution is 0.761. The number of hydrogen-bond donors (Lipinski definition) is 2. The van der Waals surface area contributed by atoms with Crippen molar-refractivity contribution in [1.82, 2.24) is 20.2 Å². The fourth-order valence-corrected chi connectivity index (χ4v) is 2.10. The lowest BCUT2D eigenvalue weighted by Crippen LogP contribution is -2.15. The topological polar surface area (TPSA) is 80.5 Å². The van der Waals surface area contributed by atoms with Gasteiger partial charge in [-0.15, -0.1) is 0 Å². The van der Waals surface area contributed by atoms with E-state index in [2.05, 4.69) is 26.2 Å². The minimum Gasteiger partial charge on any atom is -0.345 e. The molecule has 3 aromatic rings. The maximum Gasteiger partial charge on any atom is 0.0931 e. The van der Waals surface area contributed by atoms with Crippen molar-refractivity contribution >= 4 is 11.0 Å². The Balaban J connectivity index is 2.05. The molecule has 0 aliphatic heterocycles. The third-order valence-electron chi connectivity index (χ3n) is 3.03. The van der Waals surface area contributed by atoms with E-state index < -0.39 is 0 Å². The maximum atomic E-state index is 5.86. The predicted molar refractivity (Wildman–Crippen MR) is 69.0 cm³/mol. The molecule has 3 N–H and O–H groups in total. The van der Waals surface area contributed by atoms with Gasteiger partial charge in [0.2, 0.25) is 0 Å².